The Morgan fingerprint density at radius 1 is 1.18 bits per heavy atom. The molecule has 6 nitrogen and oxygen atoms in total. The molecular weight excluding hydrogens is 412 g/mol. The number of anilines is 1. The first-order chi connectivity index (χ1) is 13.5. The summed E-state index contributed by atoms with van der Waals surface area (Å²) >= 11 is 4.04. The fourth-order valence-electron chi connectivity index (χ4n) is 2.58. The van der Waals surface area contributed by atoms with Crippen LogP contribution >= 0.6 is 34.4 Å². The summed E-state index contributed by atoms with van der Waals surface area (Å²) in [5, 5.41) is 8.26. The largest absolute Gasteiger partial charge is 0.301 e. The third-order valence-corrected chi connectivity index (χ3v) is 6.69. The van der Waals surface area contributed by atoms with E-state index in [4.69, 9.17) is 0 Å². The van der Waals surface area contributed by atoms with Gasteiger partial charge in [-0.25, -0.2) is 9.97 Å². The van der Waals surface area contributed by atoms with Crippen LogP contribution in [-0.4, -0.2) is 26.2 Å². The van der Waals surface area contributed by atoms with E-state index in [1.807, 2.05) is 41.9 Å². The zero-order valence-corrected chi connectivity index (χ0v) is 17.6. The molecule has 3 aromatic heterocycles. The maximum Gasteiger partial charge on any atom is 0.262 e. The molecule has 0 fully saturated rings. The van der Waals surface area contributed by atoms with Gasteiger partial charge in [0.15, 0.2) is 10.3 Å². The summed E-state index contributed by atoms with van der Waals surface area (Å²) < 4.78 is 1.48. The molecule has 4 rings (SSSR count). The van der Waals surface area contributed by atoms with E-state index in [2.05, 4.69) is 15.3 Å². The maximum atomic E-state index is 12.3. The first kappa shape index (κ1) is 18.9. The van der Waals surface area contributed by atoms with Gasteiger partial charge in [-0.1, -0.05) is 41.6 Å². The average Bonchev–Trinajstić information content (AvgIpc) is 3.34. The molecule has 0 bridgehead atoms. The highest BCUT2D eigenvalue weighted by Gasteiger charge is 2.13. The summed E-state index contributed by atoms with van der Waals surface area (Å²) in [6, 6.07) is 9.86. The van der Waals surface area contributed by atoms with Crippen LogP contribution in [0.2, 0.25) is 0 Å². The first-order valence-corrected chi connectivity index (χ1v) is 11.2. The molecule has 1 amide bonds. The second-order valence-corrected chi connectivity index (χ2v) is 8.83. The Hall–Kier alpha value is -2.49. The fourth-order valence-corrected chi connectivity index (χ4v) is 4.90. The van der Waals surface area contributed by atoms with E-state index in [0.717, 1.165) is 11.3 Å². The van der Waals surface area contributed by atoms with E-state index < -0.39 is 0 Å². The van der Waals surface area contributed by atoms with Gasteiger partial charge in [-0.3, -0.25) is 14.2 Å². The predicted molar refractivity (Wildman–Crippen MR) is 117 cm³/mol. The summed E-state index contributed by atoms with van der Waals surface area (Å²) in [7, 11) is 1.67. The van der Waals surface area contributed by atoms with Crippen LogP contribution in [0.1, 0.15) is 5.56 Å². The van der Waals surface area contributed by atoms with Crippen molar-refractivity contribution in [2.75, 3.05) is 11.1 Å². The molecule has 9 heteroatoms. The lowest BCUT2D eigenvalue weighted by atomic mass is 10.1. The van der Waals surface area contributed by atoms with E-state index in [0.29, 0.717) is 20.5 Å². The molecule has 1 N–H and O–H groups in total. The number of carbonyl (C=O) groups is 1. The molecule has 28 heavy (non-hydrogen) atoms. The molecule has 0 aliphatic heterocycles. The third-order valence-electron chi connectivity index (χ3n) is 4.09. The summed E-state index contributed by atoms with van der Waals surface area (Å²) in [6.45, 7) is 2.04. The smallest absolute Gasteiger partial charge is 0.262 e. The van der Waals surface area contributed by atoms with Crippen LogP contribution in [0.15, 0.2) is 51.0 Å². The Morgan fingerprint density at radius 3 is 2.75 bits per heavy atom. The zero-order valence-electron chi connectivity index (χ0n) is 15.1. The standard InChI is InChI=1S/C19H16N4O2S3/c1-11-3-5-12(6-4-11)14-9-27-18(20-14)21-15(24)10-28-19-22-16-13(7-8-26-16)17(25)23(19)2/h3-9H,10H2,1-2H3,(H,20,21,24). The zero-order chi connectivity index (χ0) is 19.7. The lowest BCUT2D eigenvalue weighted by Crippen LogP contribution is -2.20. The Kier molecular flexibility index (Phi) is 5.29. The van der Waals surface area contributed by atoms with Crippen molar-refractivity contribution in [2.45, 2.75) is 12.1 Å². The van der Waals surface area contributed by atoms with Crippen LogP contribution in [0.4, 0.5) is 5.13 Å². The number of rotatable bonds is 5. The number of nitrogens with one attached hydrogen (secondary N) is 1. The van der Waals surface area contributed by atoms with Gasteiger partial charge in [0.05, 0.1) is 16.8 Å². The molecule has 0 saturated carbocycles. The number of benzene rings is 1. The summed E-state index contributed by atoms with van der Waals surface area (Å²) in [5.74, 6) is -0.0355. The van der Waals surface area contributed by atoms with Crippen LogP contribution in [-0.2, 0) is 11.8 Å². The van der Waals surface area contributed by atoms with Crippen molar-refractivity contribution in [1.82, 2.24) is 14.5 Å². The van der Waals surface area contributed by atoms with Crippen LogP contribution in [0, 0.1) is 6.92 Å². The summed E-state index contributed by atoms with van der Waals surface area (Å²) in [6.07, 6.45) is 0. The normalized spacial score (nSPS) is 11.1. The maximum absolute atomic E-state index is 12.3. The lowest BCUT2D eigenvalue weighted by molar-refractivity contribution is -0.113. The van der Waals surface area contributed by atoms with Gasteiger partial charge in [0.2, 0.25) is 5.91 Å². The van der Waals surface area contributed by atoms with E-state index >= 15 is 0 Å². The summed E-state index contributed by atoms with van der Waals surface area (Å²) in [5.41, 5.74) is 2.94. The van der Waals surface area contributed by atoms with Gasteiger partial charge in [0.25, 0.3) is 5.56 Å². The van der Waals surface area contributed by atoms with E-state index in [9.17, 15) is 9.59 Å². The number of carbonyl (C=O) groups excluding carboxylic acids is 1. The van der Waals surface area contributed by atoms with Crippen molar-refractivity contribution in [3.05, 3.63) is 57.0 Å². The fraction of sp³-hybridized carbons (Fsp3) is 0.158. The lowest BCUT2D eigenvalue weighted by Gasteiger charge is -2.06. The molecule has 0 aliphatic rings. The topological polar surface area (TPSA) is 76.9 Å². The molecule has 3 heterocycles. The van der Waals surface area contributed by atoms with Crippen molar-refractivity contribution in [3.8, 4) is 11.3 Å². The third kappa shape index (κ3) is 3.87. The van der Waals surface area contributed by atoms with Crippen LogP contribution in [0.5, 0.6) is 0 Å². The SMILES string of the molecule is Cc1ccc(-c2csc(NC(=O)CSc3nc4sccc4c(=O)n3C)n2)cc1. The number of thiophene rings is 1. The molecule has 4 aromatic rings. The Morgan fingerprint density at radius 2 is 1.96 bits per heavy atom. The average molecular weight is 429 g/mol. The number of hydrogen-bond donors (Lipinski definition) is 1. The second kappa shape index (κ2) is 7.86. The van der Waals surface area contributed by atoms with Crippen LogP contribution < -0.4 is 10.9 Å². The van der Waals surface area contributed by atoms with Crippen LogP contribution in [0.3, 0.4) is 0 Å². The first-order valence-electron chi connectivity index (χ1n) is 8.41. The molecule has 0 spiro atoms. The molecule has 1 aromatic carbocycles. The van der Waals surface area contributed by atoms with E-state index in [1.165, 1.54) is 44.6 Å². The van der Waals surface area contributed by atoms with Crippen molar-refractivity contribution in [2.24, 2.45) is 7.05 Å². The number of aryl methyl sites for hydroxylation is 1. The van der Waals surface area contributed by atoms with Gasteiger partial charge in [-0.2, -0.15) is 0 Å². The highest BCUT2D eigenvalue weighted by atomic mass is 32.2. The number of hydrogen-bond acceptors (Lipinski definition) is 7. The van der Waals surface area contributed by atoms with Gasteiger partial charge in [-0.05, 0) is 18.4 Å². The van der Waals surface area contributed by atoms with E-state index in [-0.39, 0.29) is 17.2 Å². The highest BCUT2D eigenvalue weighted by Crippen LogP contribution is 2.26. The predicted octanol–water partition coefficient (Wildman–Crippen LogP) is 4.16. The van der Waals surface area contributed by atoms with Gasteiger partial charge in [0.1, 0.15) is 4.83 Å². The van der Waals surface area contributed by atoms with Gasteiger partial charge >= 0.3 is 0 Å². The second-order valence-electron chi connectivity index (χ2n) is 6.14. The minimum absolute atomic E-state index is 0.100. The molecule has 0 saturated heterocycles. The van der Waals surface area contributed by atoms with E-state index in [1.54, 1.807) is 13.1 Å². The minimum atomic E-state index is -0.185. The van der Waals surface area contributed by atoms with Crippen LogP contribution in [0.25, 0.3) is 21.5 Å². The molecule has 0 radical (unpaired) electrons. The molecule has 142 valence electrons. The minimum Gasteiger partial charge on any atom is -0.301 e. The molecule has 0 aliphatic carbocycles. The number of amides is 1. The molecule has 0 atom stereocenters. The van der Waals surface area contributed by atoms with Crippen molar-refractivity contribution >= 4 is 55.7 Å². The summed E-state index contributed by atoms with van der Waals surface area (Å²) in [4.78, 5) is 34.3. The molecular formula is C19H16N4O2S3. The Balaban J connectivity index is 1.42. The number of thioether (sulfide) groups is 1. The van der Waals surface area contributed by atoms with Crippen molar-refractivity contribution in [3.63, 3.8) is 0 Å². The number of nitrogens with zero attached hydrogens (tertiary/aromatic N) is 3. The van der Waals surface area contributed by atoms with Crippen molar-refractivity contribution in [1.29, 1.82) is 0 Å². The number of fused-ring (bicyclic) bond motifs is 1. The number of aromatic nitrogens is 3. The monoisotopic (exact) mass is 428 g/mol. The van der Waals surface area contributed by atoms with Gasteiger partial charge in [-0.15, -0.1) is 22.7 Å². The van der Waals surface area contributed by atoms with Crippen molar-refractivity contribution < 1.29 is 4.79 Å². The quantitative estimate of drug-likeness (QED) is 0.382. The highest BCUT2D eigenvalue weighted by molar-refractivity contribution is 7.99. The van der Waals surface area contributed by atoms with Gasteiger partial charge < -0.3 is 5.32 Å². The number of thiazole rings is 1. The molecule has 0 unspecified atom stereocenters. The Labute approximate surface area is 173 Å². The van der Waals surface area contributed by atoms with Gasteiger partial charge in [0, 0.05) is 18.0 Å². The Bertz CT molecular complexity index is 1210.